The first-order chi connectivity index (χ1) is 15.4. The first-order valence-corrected chi connectivity index (χ1v) is 10.4. The summed E-state index contributed by atoms with van der Waals surface area (Å²) in [6.45, 7) is 2.03. The summed E-state index contributed by atoms with van der Waals surface area (Å²) < 4.78 is 12.1. The molecule has 0 saturated heterocycles. The van der Waals surface area contributed by atoms with E-state index >= 15 is 0 Å². The van der Waals surface area contributed by atoms with E-state index in [2.05, 4.69) is 20.9 Å². The van der Waals surface area contributed by atoms with Crippen molar-refractivity contribution in [2.45, 2.75) is 13.5 Å². The monoisotopic (exact) mass is 492 g/mol. The van der Waals surface area contributed by atoms with Gasteiger partial charge < -0.3 is 9.47 Å². The molecule has 0 aromatic heterocycles. The van der Waals surface area contributed by atoms with Crippen molar-refractivity contribution in [2.24, 2.45) is 4.99 Å². The molecule has 160 valence electrons. The summed E-state index contributed by atoms with van der Waals surface area (Å²) in [5, 5.41) is 11.2. The topological polar surface area (TPSA) is 91.0 Å². The molecule has 0 bridgehead atoms. The van der Waals surface area contributed by atoms with Crippen molar-refractivity contribution in [1.82, 2.24) is 0 Å². The average molecular weight is 493 g/mol. The van der Waals surface area contributed by atoms with E-state index in [4.69, 9.17) is 9.47 Å². The lowest BCUT2D eigenvalue weighted by atomic mass is 10.1. The Kier molecular flexibility index (Phi) is 6.13. The fourth-order valence-corrected chi connectivity index (χ4v) is 3.50. The Hall–Kier alpha value is -3.78. The molecular formula is C24H17BrN2O5. The standard InChI is InChI=1S/C24H17BrN2O5/c1-15-9-10-17(13-22(15)27(29)30)23-26-21(24(28)32-23)12-16-5-4-7-19(11-16)31-14-18-6-2-3-8-20(18)25/h2-13H,14H2,1H3/b21-12-. The van der Waals surface area contributed by atoms with Crippen LogP contribution in [0.25, 0.3) is 6.08 Å². The van der Waals surface area contributed by atoms with Crippen LogP contribution in [0.1, 0.15) is 22.3 Å². The highest BCUT2D eigenvalue weighted by Gasteiger charge is 2.25. The van der Waals surface area contributed by atoms with Crippen LogP contribution < -0.4 is 4.74 Å². The van der Waals surface area contributed by atoms with Gasteiger partial charge in [0.25, 0.3) is 5.69 Å². The number of carbonyl (C=O) groups is 1. The summed E-state index contributed by atoms with van der Waals surface area (Å²) in [5.41, 5.74) is 2.64. The number of hydrogen-bond donors (Lipinski definition) is 0. The first-order valence-electron chi connectivity index (χ1n) is 9.65. The number of nitro groups is 1. The molecule has 3 aromatic carbocycles. The Bertz CT molecular complexity index is 1280. The van der Waals surface area contributed by atoms with E-state index in [1.165, 1.54) is 6.07 Å². The molecule has 4 rings (SSSR count). The van der Waals surface area contributed by atoms with Crippen molar-refractivity contribution in [3.05, 3.63) is 109 Å². The van der Waals surface area contributed by atoms with Gasteiger partial charge in [-0.15, -0.1) is 0 Å². The molecule has 0 unspecified atom stereocenters. The van der Waals surface area contributed by atoms with Gasteiger partial charge in [0.15, 0.2) is 5.70 Å². The Morgan fingerprint density at radius 3 is 2.72 bits per heavy atom. The van der Waals surface area contributed by atoms with Gasteiger partial charge in [0.2, 0.25) is 5.90 Å². The highest BCUT2D eigenvalue weighted by Crippen LogP contribution is 2.25. The second-order valence-corrected chi connectivity index (χ2v) is 7.90. The molecule has 0 fully saturated rings. The Morgan fingerprint density at radius 2 is 1.94 bits per heavy atom. The van der Waals surface area contributed by atoms with Gasteiger partial charge in [0, 0.05) is 27.2 Å². The van der Waals surface area contributed by atoms with Crippen LogP contribution in [0.5, 0.6) is 5.75 Å². The number of cyclic esters (lactones) is 1. The average Bonchev–Trinajstić information content (AvgIpc) is 3.13. The van der Waals surface area contributed by atoms with E-state index in [1.807, 2.05) is 42.5 Å². The molecule has 1 heterocycles. The molecule has 0 aliphatic carbocycles. The van der Waals surface area contributed by atoms with Gasteiger partial charge in [0.05, 0.1) is 4.92 Å². The molecule has 0 radical (unpaired) electrons. The molecule has 8 heteroatoms. The highest BCUT2D eigenvalue weighted by atomic mass is 79.9. The highest BCUT2D eigenvalue weighted by molar-refractivity contribution is 9.10. The van der Waals surface area contributed by atoms with E-state index < -0.39 is 10.9 Å². The molecule has 3 aromatic rings. The summed E-state index contributed by atoms with van der Waals surface area (Å²) in [4.78, 5) is 27.2. The van der Waals surface area contributed by atoms with Crippen LogP contribution in [-0.2, 0) is 16.1 Å². The lowest BCUT2D eigenvalue weighted by Gasteiger charge is -2.08. The summed E-state index contributed by atoms with van der Waals surface area (Å²) in [6.07, 6.45) is 1.59. The van der Waals surface area contributed by atoms with E-state index in [0.717, 1.165) is 10.0 Å². The second-order valence-electron chi connectivity index (χ2n) is 7.05. The predicted octanol–water partition coefficient (Wildman–Crippen LogP) is 5.59. The van der Waals surface area contributed by atoms with Crippen molar-refractivity contribution >= 4 is 39.6 Å². The largest absolute Gasteiger partial charge is 0.489 e. The number of nitrogens with zero attached hydrogens (tertiary/aromatic N) is 2. The maximum atomic E-state index is 12.3. The predicted molar refractivity (Wildman–Crippen MR) is 123 cm³/mol. The van der Waals surface area contributed by atoms with Crippen LogP contribution in [0.4, 0.5) is 5.69 Å². The number of aliphatic imine (C=N–C) groups is 1. The fourth-order valence-electron chi connectivity index (χ4n) is 3.10. The Morgan fingerprint density at radius 1 is 1.12 bits per heavy atom. The molecule has 32 heavy (non-hydrogen) atoms. The fraction of sp³-hybridized carbons (Fsp3) is 0.0833. The minimum absolute atomic E-state index is 0.0330. The van der Waals surface area contributed by atoms with Crippen molar-refractivity contribution < 1.29 is 19.2 Å². The Balaban J connectivity index is 1.55. The molecule has 1 aliphatic heterocycles. The van der Waals surface area contributed by atoms with Gasteiger partial charge in [-0.05, 0) is 42.8 Å². The number of nitro benzene ring substituents is 1. The SMILES string of the molecule is Cc1ccc(C2=N/C(=C\c3cccc(OCc4ccccc4Br)c3)C(=O)O2)cc1[N+](=O)[O-]. The van der Waals surface area contributed by atoms with Gasteiger partial charge in [0.1, 0.15) is 12.4 Å². The molecule has 0 spiro atoms. The molecule has 0 N–H and O–H groups in total. The molecule has 0 saturated carbocycles. The van der Waals surface area contributed by atoms with E-state index in [0.29, 0.717) is 29.0 Å². The summed E-state index contributed by atoms with van der Waals surface area (Å²) in [7, 11) is 0. The number of hydrogen-bond acceptors (Lipinski definition) is 6. The number of halogens is 1. The van der Waals surface area contributed by atoms with Crippen LogP contribution in [0.2, 0.25) is 0 Å². The third-order valence-electron chi connectivity index (χ3n) is 4.79. The van der Waals surface area contributed by atoms with Crippen molar-refractivity contribution in [3.63, 3.8) is 0 Å². The van der Waals surface area contributed by atoms with Crippen LogP contribution in [0, 0.1) is 17.0 Å². The number of aryl methyl sites for hydroxylation is 1. The van der Waals surface area contributed by atoms with Crippen molar-refractivity contribution in [2.75, 3.05) is 0 Å². The maximum absolute atomic E-state index is 12.3. The number of ether oxygens (including phenoxy) is 2. The van der Waals surface area contributed by atoms with Crippen molar-refractivity contribution in [1.29, 1.82) is 0 Å². The van der Waals surface area contributed by atoms with Gasteiger partial charge in [-0.1, -0.05) is 52.3 Å². The van der Waals surface area contributed by atoms with Gasteiger partial charge in [-0.25, -0.2) is 9.79 Å². The summed E-state index contributed by atoms with van der Waals surface area (Å²) in [6, 6.07) is 19.6. The van der Waals surface area contributed by atoms with Crippen LogP contribution >= 0.6 is 15.9 Å². The lowest BCUT2D eigenvalue weighted by molar-refractivity contribution is -0.385. The molecule has 0 amide bonds. The number of rotatable bonds is 6. The Labute approximate surface area is 192 Å². The van der Waals surface area contributed by atoms with E-state index in [1.54, 1.807) is 31.2 Å². The van der Waals surface area contributed by atoms with Crippen LogP contribution in [-0.4, -0.2) is 16.8 Å². The number of esters is 1. The molecule has 7 nitrogen and oxygen atoms in total. The minimum atomic E-state index is -0.622. The lowest BCUT2D eigenvalue weighted by Crippen LogP contribution is -2.06. The quantitative estimate of drug-likeness (QED) is 0.193. The smallest absolute Gasteiger partial charge is 0.363 e. The van der Waals surface area contributed by atoms with Crippen molar-refractivity contribution in [3.8, 4) is 5.75 Å². The normalized spacial score (nSPS) is 14.2. The summed E-state index contributed by atoms with van der Waals surface area (Å²) in [5.74, 6) is 0.0493. The summed E-state index contributed by atoms with van der Waals surface area (Å²) >= 11 is 3.50. The molecular weight excluding hydrogens is 476 g/mol. The first kappa shape index (κ1) is 21.5. The third kappa shape index (κ3) is 4.76. The van der Waals surface area contributed by atoms with Crippen LogP contribution in [0.3, 0.4) is 0 Å². The van der Waals surface area contributed by atoms with Crippen LogP contribution in [0.15, 0.2) is 81.9 Å². The third-order valence-corrected chi connectivity index (χ3v) is 5.56. The molecule has 1 aliphatic rings. The number of benzene rings is 3. The van der Waals surface area contributed by atoms with E-state index in [9.17, 15) is 14.9 Å². The minimum Gasteiger partial charge on any atom is -0.489 e. The zero-order valence-electron chi connectivity index (χ0n) is 16.9. The second kappa shape index (κ2) is 9.15. The molecule has 0 atom stereocenters. The van der Waals surface area contributed by atoms with Gasteiger partial charge in [-0.3, -0.25) is 10.1 Å². The van der Waals surface area contributed by atoms with Gasteiger partial charge >= 0.3 is 5.97 Å². The zero-order chi connectivity index (χ0) is 22.7. The maximum Gasteiger partial charge on any atom is 0.363 e. The number of carbonyl (C=O) groups excluding carboxylic acids is 1. The van der Waals surface area contributed by atoms with E-state index in [-0.39, 0.29) is 17.3 Å². The van der Waals surface area contributed by atoms with Gasteiger partial charge in [-0.2, -0.15) is 0 Å². The zero-order valence-corrected chi connectivity index (χ0v) is 18.5.